The molecule has 7 heteroatoms. The minimum atomic E-state index is -3.50. The number of aryl methyl sites for hydroxylation is 1. The molecule has 0 radical (unpaired) electrons. The first-order chi connectivity index (χ1) is 15.3. The lowest BCUT2D eigenvalue weighted by molar-refractivity contribution is 0.0746. The highest BCUT2D eigenvalue weighted by Crippen LogP contribution is 2.26. The van der Waals surface area contributed by atoms with Crippen LogP contribution >= 0.6 is 0 Å². The van der Waals surface area contributed by atoms with Crippen LogP contribution in [0.15, 0.2) is 47.4 Å². The van der Waals surface area contributed by atoms with Crippen molar-refractivity contribution in [3.05, 3.63) is 59.2 Å². The average molecular weight is 456 g/mol. The van der Waals surface area contributed by atoms with E-state index in [1.165, 1.54) is 16.8 Å². The molecule has 2 fully saturated rings. The van der Waals surface area contributed by atoms with Crippen molar-refractivity contribution in [2.75, 3.05) is 44.2 Å². The van der Waals surface area contributed by atoms with Gasteiger partial charge in [0.2, 0.25) is 10.0 Å². The van der Waals surface area contributed by atoms with Crippen LogP contribution in [-0.4, -0.2) is 62.8 Å². The molecule has 0 N–H and O–H groups in total. The van der Waals surface area contributed by atoms with Gasteiger partial charge in [0.25, 0.3) is 5.91 Å². The van der Waals surface area contributed by atoms with E-state index in [2.05, 4.69) is 43.9 Å². The number of rotatable bonds is 4. The van der Waals surface area contributed by atoms with Crippen LogP contribution in [-0.2, 0) is 10.0 Å². The Morgan fingerprint density at radius 3 is 2.12 bits per heavy atom. The van der Waals surface area contributed by atoms with Gasteiger partial charge in [0, 0.05) is 50.5 Å². The molecule has 2 aromatic rings. The summed E-state index contributed by atoms with van der Waals surface area (Å²) in [5.41, 5.74) is 4.33. The second kappa shape index (κ2) is 9.24. The molecule has 0 unspecified atom stereocenters. The topological polar surface area (TPSA) is 60.9 Å². The summed E-state index contributed by atoms with van der Waals surface area (Å²) in [5.74, 6) is 0.526. The number of hydrogen-bond acceptors (Lipinski definition) is 4. The number of piperazine rings is 1. The molecule has 2 aromatic carbocycles. The van der Waals surface area contributed by atoms with Crippen LogP contribution in [0.1, 0.15) is 41.3 Å². The largest absolute Gasteiger partial charge is 0.368 e. The molecule has 0 bridgehead atoms. The number of carbonyl (C=O) groups excluding carboxylic acids is 1. The van der Waals surface area contributed by atoms with E-state index in [0.717, 1.165) is 25.9 Å². The molecule has 0 aliphatic carbocycles. The minimum absolute atomic E-state index is 0.0404. The second-order valence-electron chi connectivity index (χ2n) is 9.11. The number of anilines is 1. The second-order valence-corrected chi connectivity index (χ2v) is 11.0. The molecule has 6 nitrogen and oxygen atoms in total. The number of carbonyl (C=O) groups is 1. The maximum absolute atomic E-state index is 13.0. The van der Waals surface area contributed by atoms with Crippen molar-refractivity contribution >= 4 is 21.6 Å². The highest BCUT2D eigenvalue weighted by molar-refractivity contribution is 7.89. The molecular weight excluding hydrogens is 422 g/mol. The Labute approximate surface area is 191 Å². The summed E-state index contributed by atoms with van der Waals surface area (Å²) in [4.78, 5) is 17.5. The van der Waals surface area contributed by atoms with E-state index in [1.807, 2.05) is 4.90 Å². The molecule has 2 aliphatic heterocycles. The summed E-state index contributed by atoms with van der Waals surface area (Å²) in [6, 6.07) is 12.8. The third-order valence-corrected chi connectivity index (χ3v) is 8.88. The van der Waals surface area contributed by atoms with Crippen LogP contribution in [0.4, 0.5) is 5.69 Å². The zero-order valence-electron chi connectivity index (χ0n) is 19.3. The standard InChI is InChI=1S/C25H33N3O3S/c1-19-11-13-28(14-12-19)32(30,31)23-9-7-22(8-10-23)25(29)27-17-15-26(16-18-27)24-6-4-5-20(2)21(24)3/h4-10,19H,11-18H2,1-3H3. The van der Waals surface area contributed by atoms with E-state index in [9.17, 15) is 13.2 Å². The summed E-state index contributed by atoms with van der Waals surface area (Å²) in [6.45, 7) is 10.4. The number of hydrogen-bond donors (Lipinski definition) is 0. The van der Waals surface area contributed by atoms with Gasteiger partial charge in [0.15, 0.2) is 0 Å². The molecule has 32 heavy (non-hydrogen) atoms. The summed E-state index contributed by atoms with van der Waals surface area (Å²) in [5, 5.41) is 0. The first-order valence-corrected chi connectivity index (χ1v) is 12.9. The van der Waals surface area contributed by atoms with Gasteiger partial charge in [-0.3, -0.25) is 4.79 Å². The molecule has 0 aromatic heterocycles. The number of amides is 1. The van der Waals surface area contributed by atoms with E-state index >= 15 is 0 Å². The van der Waals surface area contributed by atoms with Crippen molar-refractivity contribution in [1.82, 2.24) is 9.21 Å². The minimum Gasteiger partial charge on any atom is -0.368 e. The quantitative estimate of drug-likeness (QED) is 0.706. The first kappa shape index (κ1) is 22.8. The molecule has 0 atom stereocenters. The maximum atomic E-state index is 13.0. The fourth-order valence-electron chi connectivity index (χ4n) is 4.56. The van der Waals surface area contributed by atoms with Gasteiger partial charge in [-0.05, 0) is 74.1 Å². The third-order valence-electron chi connectivity index (χ3n) is 6.97. The first-order valence-electron chi connectivity index (χ1n) is 11.5. The number of benzene rings is 2. The SMILES string of the molecule is Cc1cccc(N2CCN(C(=O)c3ccc(S(=O)(=O)N4CCC(C)CC4)cc3)CC2)c1C. The lowest BCUT2D eigenvalue weighted by Gasteiger charge is -2.37. The molecule has 0 saturated carbocycles. The van der Waals surface area contributed by atoms with Crippen molar-refractivity contribution < 1.29 is 13.2 Å². The van der Waals surface area contributed by atoms with E-state index in [4.69, 9.17) is 0 Å². The van der Waals surface area contributed by atoms with E-state index < -0.39 is 10.0 Å². The molecule has 172 valence electrons. The van der Waals surface area contributed by atoms with Crippen molar-refractivity contribution in [1.29, 1.82) is 0 Å². The molecule has 2 heterocycles. The lowest BCUT2D eigenvalue weighted by Crippen LogP contribution is -2.49. The zero-order chi connectivity index (χ0) is 22.9. The van der Waals surface area contributed by atoms with E-state index in [-0.39, 0.29) is 10.8 Å². The van der Waals surface area contributed by atoms with Crippen LogP contribution < -0.4 is 4.90 Å². The summed E-state index contributed by atoms with van der Waals surface area (Å²) in [6.07, 6.45) is 1.79. The zero-order valence-corrected chi connectivity index (χ0v) is 20.1. The molecule has 2 aliphatic rings. The Kier molecular flexibility index (Phi) is 6.58. The number of piperidine rings is 1. The highest BCUT2D eigenvalue weighted by atomic mass is 32.2. The molecule has 2 saturated heterocycles. The van der Waals surface area contributed by atoms with Gasteiger partial charge in [-0.2, -0.15) is 4.31 Å². The summed E-state index contributed by atoms with van der Waals surface area (Å²) in [7, 11) is -3.50. The predicted molar refractivity (Wildman–Crippen MR) is 128 cm³/mol. The van der Waals surface area contributed by atoms with Gasteiger partial charge in [-0.15, -0.1) is 0 Å². The lowest BCUT2D eigenvalue weighted by atomic mass is 10.0. The van der Waals surface area contributed by atoms with Gasteiger partial charge in [0.05, 0.1) is 4.90 Å². The third kappa shape index (κ3) is 4.55. The van der Waals surface area contributed by atoms with Gasteiger partial charge < -0.3 is 9.80 Å². The van der Waals surface area contributed by atoms with Crippen LogP contribution in [0.25, 0.3) is 0 Å². The Morgan fingerprint density at radius 2 is 1.50 bits per heavy atom. The normalized spacial score (nSPS) is 18.7. The average Bonchev–Trinajstić information content (AvgIpc) is 2.81. The summed E-state index contributed by atoms with van der Waals surface area (Å²) < 4.78 is 27.4. The van der Waals surface area contributed by atoms with Crippen LogP contribution in [0, 0.1) is 19.8 Å². The molecule has 0 spiro atoms. The Bertz CT molecular complexity index is 1070. The van der Waals surface area contributed by atoms with Crippen molar-refractivity contribution in [3.8, 4) is 0 Å². The number of nitrogens with zero attached hydrogens (tertiary/aromatic N) is 3. The van der Waals surface area contributed by atoms with E-state index in [1.54, 1.807) is 28.6 Å². The van der Waals surface area contributed by atoms with Crippen molar-refractivity contribution in [3.63, 3.8) is 0 Å². The van der Waals surface area contributed by atoms with Crippen LogP contribution in [0.2, 0.25) is 0 Å². The van der Waals surface area contributed by atoms with Crippen LogP contribution in [0.5, 0.6) is 0 Å². The van der Waals surface area contributed by atoms with Gasteiger partial charge >= 0.3 is 0 Å². The Morgan fingerprint density at radius 1 is 0.875 bits per heavy atom. The Balaban J connectivity index is 1.40. The summed E-state index contributed by atoms with van der Waals surface area (Å²) >= 11 is 0. The molecule has 1 amide bonds. The van der Waals surface area contributed by atoms with Gasteiger partial charge in [0.1, 0.15) is 0 Å². The monoisotopic (exact) mass is 455 g/mol. The maximum Gasteiger partial charge on any atom is 0.253 e. The molecular formula is C25H33N3O3S. The predicted octanol–water partition coefficient (Wildman–Crippen LogP) is 3.69. The molecule has 4 rings (SSSR count). The fraction of sp³-hybridized carbons (Fsp3) is 0.480. The van der Waals surface area contributed by atoms with Gasteiger partial charge in [-0.1, -0.05) is 19.1 Å². The highest BCUT2D eigenvalue weighted by Gasteiger charge is 2.29. The van der Waals surface area contributed by atoms with Crippen molar-refractivity contribution in [2.45, 2.75) is 38.5 Å². The van der Waals surface area contributed by atoms with Gasteiger partial charge in [-0.25, -0.2) is 8.42 Å². The Hall–Kier alpha value is -2.38. The smallest absolute Gasteiger partial charge is 0.253 e. The number of sulfonamides is 1. The van der Waals surface area contributed by atoms with Crippen molar-refractivity contribution in [2.24, 2.45) is 5.92 Å². The van der Waals surface area contributed by atoms with Crippen LogP contribution in [0.3, 0.4) is 0 Å². The fourth-order valence-corrected chi connectivity index (χ4v) is 6.02. The van der Waals surface area contributed by atoms with E-state index in [0.29, 0.717) is 37.7 Å².